The maximum absolute atomic E-state index is 13.4. The Balaban J connectivity index is 2.51. The van der Waals surface area contributed by atoms with Crippen LogP contribution in [0.1, 0.15) is 29.8 Å². The normalized spacial score (nSPS) is 10.4. The Morgan fingerprint density at radius 1 is 1.26 bits per heavy atom. The van der Waals surface area contributed by atoms with Crippen LogP contribution in [0.2, 0.25) is 0 Å². The van der Waals surface area contributed by atoms with E-state index in [1.807, 2.05) is 13.8 Å². The molecule has 2 amide bonds. The fourth-order valence-corrected chi connectivity index (χ4v) is 1.45. The number of nitrogens with one attached hydrogen (secondary N) is 2. The first-order valence-electron chi connectivity index (χ1n) is 6.21. The van der Waals surface area contributed by atoms with E-state index in [0.717, 1.165) is 5.56 Å². The van der Waals surface area contributed by atoms with Gasteiger partial charge < -0.3 is 10.6 Å². The summed E-state index contributed by atoms with van der Waals surface area (Å²) in [6, 6.07) is 4.28. The lowest BCUT2D eigenvalue weighted by Crippen LogP contribution is -2.38. The van der Waals surface area contributed by atoms with Gasteiger partial charge in [-0.3, -0.25) is 9.59 Å². The van der Waals surface area contributed by atoms with Crippen LogP contribution in [0.15, 0.2) is 18.2 Å². The fourth-order valence-electron chi connectivity index (χ4n) is 1.45. The Morgan fingerprint density at radius 2 is 1.95 bits per heavy atom. The van der Waals surface area contributed by atoms with E-state index in [1.165, 1.54) is 12.1 Å². The van der Waals surface area contributed by atoms with Crippen LogP contribution in [0.4, 0.5) is 4.39 Å². The Bertz CT molecular complexity index is 473. The quantitative estimate of drug-likeness (QED) is 0.851. The van der Waals surface area contributed by atoms with E-state index in [2.05, 4.69) is 10.6 Å². The molecule has 0 saturated carbocycles. The van der Waals surface area contributed by atoms with Crippen LogP contribution in [0.25, 0.3) is 0 Å². The monoisotopic (exact) mass is 266 g/mol. The summed E-state index contributed by atoms with van der Waals surface area (Å²) in [6.45, 7) is 6.11. The SMILES string of the molecule is Cc1ccc(F)c(C(=O)NCC(=O)NCC(C)C)c1. The lowest BCUT2D eigenvalue weighted by Gasteiger charge is -2.09. The molecule has 104 valence electrons. The van der Waals surface area contributed by atoms with Crippen molar-refractivity contribution in [2.75, 3.05) is 13.1 Å². The Labute approximate surface area is 112 Å². The van der Waals surface area contributed by atoms with E-state index < -0.39 is 11.7 Å². The molecule has 0 aliphatic heterocycles. The van der Waals surface area contributed by atoms with Gasteiger partial charge in [0, 0.05) is 6.54 Å². The maximum Gasteiger partial charge on any atom is 0.254 e. The lowest BCUT2D eigenvalue weighted by molar-refractivity contribution is -0.120. The van der Waals surface area contributed by atoms with Crippen molar-refractivity contribution < 1.29 is 14.0 Å². The van der Waals surface area contributed by atoms with E-state index in [-0.39, 0.29) is 18.0 Å². The van der Waals surface area contributed by atoms with Gasteiger partial charge in [0.1, 0.15) is 5.82 Å². The highest BCUT2D eigenvalue weighted by Gasteiger charge is 2.12. The number of carbonyl (C=O) groups excluding carboxylic acids is 2. The Kier molecular flexibility index (Phi) is 5.48. The number of carbonyl (C=O) groups is 2. The van der Waals surface area contributed by atoms with E-state index in [1.54, 1.807) is 13.0 Å². The van der Waals surface area contributed by atoms with Crippen molar-refractivity contribution in [3.8, 4) is 0 Å². The average Bonchev–Trinajstić information content (AvgIpc) is 2.36. The molecule has 1 aromatic rings. The number of amides is 2. The number of hydrogen-bond acceptors (Lipinski definition) is 2. The van der Waals surface area contributed by atoms with E-state index in [9.17, 15) is 14.0 Å². The first kappa shape index (κ1) is 15.1. The zero-order chi connectivity index (χ0) is 14.4. The molecule has 0 fully saturated rings. The molecule has 1 rings (SSSR count). The van der Waals surface area contributed by atoms with Gasteiger partial charge in [0.05, 0.1) is 12.1 Å². The third kappa shape index (κ3) is 5.07. The summed E-state index contributed by atoms with van der Waals surface area (Å²) in [5.41, 5.74) is 0.743. The van der Waals surface area contributed by atoms with Gasteiger partial charge in [-0.2, -0.15) is 0 Å². The van der Waals surface area contributed by atoms with Crippen molar-refractivity contribution in [1.29, 1.82) is 0 Å². The van der Waals surface area contributed by atoms with Crippen molar-refractivity contribution >= 4 is 11.8 Å². The molecule has 0 aromatic heterocycles. The molecule has 0 unspecified atom stereocenters. The van der Waals surface area contributed by atoms with Crippen molar-refractivity contribution in [3.05, 3.63) is 35.1 Å². The molecule has 0 spiro atoms. The Hall–Kier alpha value is -1.91. The number of halogens is 1. The summed E-state index contributed by atoms with van der Waals surface area (Å²) in [4.78, 5) is 23.1. The first-order valence-corrected chi connectivity index (χ1v) is 6.21. The van der Waals surface area contributed by atoms with Crippen molar-refractivity contribution in [2.24, 2.45) is 5.92 Å². The molecule has 0 bridgehead atoms. The third-order valence-electron chi connectivity index (χ3n) is 2.48. The van der Waals surface area contributed by atoms with Crippen molar-refractivity contribution in [3.63, 3.8) is 0 Å². The summed E-state index contributed by atoms with van der Waals surface area (Å²) in [7, 11) is 0. The Morgan fingerprint density at radius 3 is 2.58 bits per heavy atom. The highest BCUT2D eigenvalue weighted by molar-refractivity contribution is 5.96. The van der Waals surface area contributed by atoms with Crippen LogP contribution in [0.3, 0.4) is 0 Å². The minimum atomic E-state index is -0.592. The van der Waals surface area contributed by atoms with E-state index in [0.29, 0.717) is 12.5 Å². The van der Waals surface area contributed by atoms with Gasteiger partial charge in [0.25, 0.3) is 5.91 Å². The molecule has 0 aliphatic rings. The standard InChI is InChI=1S/C14H19FN2O2/c1-9(2)7-16-13(18)8-17-14(19)11-6-10(3)4-5-12(11)15/h4-6,9H,7-8H2,1-3H3,(H,16,18)(H,17,19). The lowest BCUT2D eigenvalue weighted by atomic mass is 10.1. The van der Waals surface area contributed by atoms with Gasteiger partial charge in [0.15, 0.2) is 0 Å². The molecule has 1 aromatic carbocycles. The van der Waals surface area contributed by atoms with Crippen LogP contribution in [-0.2, 0) is 4.79 Å². The predicted octanol–water partition coefficient (Wildman–Crippen LogP) is 1.64. The van der Waals surface area contributed by atoms with E-state index >= 15 is 0 Å². The van der Waals surface area contributed by atoms with Crippen LogP contribution >= 0.6 is 0 Å². The molecule has 19 heavy (non-hydrogen) atoms. The second kappa shape index (κ2) is 6.87. The van der Waals surface area contributed by atoms with Crippen LogP contribution < -0.4 is 10.6 Å². The minimum absolute atomic E-state index is 0.0448. The number of aryl methyl sites for hydroxylation is 1. The molecule has 0 atom stereocenters. The van der Waals surface area contributed by atoms with Crippen LogP contribution in [0, 0.1) is 18.7 Å². The van der Waals surface area contributed by atoms with Crippen LogP contribution in [-0.4, -0.2) is 24.9 Å². The predicted molar refractivity (Wildman–Crippen MR) is 71.3 cm³/mol. The molecule has 0 aliphatic carbocycles. The van der Waals surface area contributed by atoms with Gasteiger partial charge in [0.2, 0.25) is 5.91 Å². The van der Waals surface area contributed by atoms with Gasteiger partial charge in [-0.1, -0.05) is 25.5 Å². The smallest absolute Gasteiger partial charge is 0.254 e. The van der Waals surface area contributed by atoms with Crippen molar-refractivity contribution in [1.82, 2.24) is 10.6 Å². The summed E-state index contributed by atoms with van der Waals surface area (Å²) in [5, 5.41) is 5.07. The van der Waals surface area contributed by atoms with Gasteiger partial charge in [-0.15, -0.1) is 0 Å². The zero-order valence-electron chi connectivity index (χ0n) is 11.4. The van der Waals surface area contributed by atoms with Gasteiger partial charge in [-0.25, -0.2) is 4.39 Å². The molecular formula is C14H19FN2O2. The minimum Gasteiger partial charge on any atom is -0.354 e. The third-order valence-corrected chi connectivity index (χ3v) is 2.48. The summed E-state index contributed by atoms with van der Waals surface area (Å²) in [6.07, 6.45) is 0. The molecule has 0 radical (unpaired) electrons. The fraction of sp³-hybridized carbons (Fsp3) is 0.429. The van der Waals surface area contributed by atoms with Crippen molar-refractivity contribution in [2.45, 2.75) is 20.8 Å². The second-order valence-electron chi connectivity index (χ2n) is 4.86. The average molecular weight is 266 g/mol. The topological polar surface area (TPSA) is 58.2 Å². The molecule has 0 heterocycles. The van der Waals surface area contributed by atoms with E-state index in [4.69, 9.17) is 0 Å². The summed E-state index contributed by atoms with van der Waals surface area (Å²) >= 11 is 0. The highest BCUT2D eigenvalue weighted by Crippen LogP contribution is 2.09. The molecule has 4 nitrogen and oxygen atoms in total. The maximum atomic E-state index is 13.4. The molecule has 0 saturated heterocycles. The summed E-state index contributed by atoms with van der Waals surface area (Å²) in [5.74, 6) is -1.12. The second-order valence-corrected chi connectivity index (χ2v) is 4.86. The number of rotatable bonds is 5. The van der Waals surface area contributed by atoms with Gasteiger partial charge >= 0.3 is 0 Å². The van der Waals surface area contributed by atoms with Crippen LogP contribution in [0.5, 0.6) is 0 Å². The highest BCUT2D eigenvalue weighted by atomic mass is 19.1. The zero-order valence-corrected chi connectivity index (χ0v) is 11.4. The first-order chi connectivity index (χ1) is 8.90. The summed E-state index contributed by atoms with van der Waals surface area (Å²) < 4.78 is 13.4. The largest absolute Gasteiger partial charge is 0.354 e. The van der Waals surface area contributed by atoms with Gasteiger partial charge in [-0.05, 0) is 25.0 Å². The molecular weight excluding hydrogens is 247 g/mol. The number of benzene rings is 1. The number of hydrogen-bond donors (Lipinski definition) is 2. The molecule has 2 N–H and O–H groups in total. The molecule has 5 heteroatoms.